The second-order valence-corrected chi connectivity index (χ2v) is 6.12. The zero-order chi connectivity index (χ0) is 14.9. The summed E-state index contributed by atoms with van der Waals surface area (Å²) in [5.41, 5.74) is 8.26. The molecule has 5 nitrogen and oxygen atoms in total. The van der Waals surface area contributed by atoms with Gasteiger partial charge in [-0.1, -0.05) is 26.8 Å². The number of nitrogens with one attached hydrogen (secondary N) is 1. The maximum atomic E-state index is 10.7. The van der Waals surface area contributed by atoms with Gasteiger partial charge in [0.25, 0.3) is 0 Å². The number of imidazole rings is 1. The smallest absolute Gasteiger partial charge is 0.404 e. The summed E-state index contributed by atoms with van der Waals surface area (Å²) in [5.74, 6) is 0.791. The Hall–Kier alpha value is -2.04. The number of aromatic amines is 1. The van der Waals surface area contributed by atoms with Crippen LogP contribution in [0.5, 0.6) is 0 Å². The van der Waals surface area contributed by atoms with E-state index in [0.717, 1.165) is 16.9 Å². The van der Waals surface area contributed by atoms with Crippen molar-refractivity contribution >= 4 is 17.1 Å². The molecule has 1 atom stereocenters. The lowest BCUT2D eigenvalue weighted by atomic mass is 9.87. The summed E-state index contributed by atoms with van der Waals surface area (Å²) in [5, 5.41) is 0. The number of ether oxygens (including phenoxy) is 1. The molecule has 0 spiro atoms. The van der Waals surface area contributed by atoms with Gasteiger partial charge in [-0.25, -0.2) is 9.78 Å². The van der Waals surface area contributed by atoms with E-state index < -0.39 is 6.09 Å². The Bertz CT molecular complexity index is 626. The first-order chi connectivity index (χ1) is 9.25. The zero-order valence-electron chi connectivity index (χ0n) is 12.4. The molecule has 0 aliphatic carbocycles. The van der Waals surface area contributed by atoms with Gasteiger partial charge >= 0.3 is 6.09 Å². The molecular weight excluding hydrogens is 254 g/mol. The number of fused-ring (bicyclic) bond motifs is 1. The molecule has 108 valence electrons. The van der Waals surface area contributed by atoms with Crippen LogP contribution in [0.4, 0.5) is 4.79 Å². The van der Waals surface area contributed by atoms with Crippen LogP contribution in [0.25, 0.3) is 11.0 Å². The molecule has 3 N–H and O–H groups in total. The third-order valence-electron chi connectivity index (χ3n) is 3.20. The minimum Gasteiger partial charge on any atom is -0.446 e. The predicted molar refractivity (Wildman–Crippen MR) is 78.6 cm³/mol. The number of hydrogen-bond donors (Lipinski definition) is 2. The number of aromatic nitrogens is 2. The van der Waals surface area contributed by atoms with Gasteiger partial charge in [-0.05, 0) is 30.0 Å². The SMILES string of the molecule is CC(Cc1nc2ccc(C(C)(C)C)cc2[nH]1)OC(N)=O. The minimum atomic E-state index is -0.761. The first-order valence-electron chi connectivity index (χ1n) is 6.71. The van der Waals surface area contributed by atoms with Crippen LogP contribution < -0.4 is 5.73 Å². The van der Waals surface area contributed by atoms with Gasteiger partial charge in [0.2, 0.25) is 0 Å². The average molecular weight is 275 g/mol. The van der Waals surface area contributed by atoms with Crippen LogP contribution in [0.15, 0.2) is 18.2 Å². The van der Waals surface area contributed by atoms with Crippen molar-refractivity contribution in [2.45, 2.75) is 45.6 Å². The third-order valence-corrected chi connectivity index (χ3v) is 3.20. The number of nitrogens with zero attached hydrogens (tertiary/aromatic N) is 1. The summed E-state index contributed by atoms with van der Waals surface area (Å²) in [4.78, 5) is 18.5. The van der Waals surface area contributed by atoms with Crippen molar-refractivity contribution in [2.75, 3.05) is 0 Å². The predicted octanol–water partition coefficient (Wildman–Crippen LogP) is 2.89. The number of amides is 1. The number of benzene rings is 1. The second-order valence-electron chi connectivity index (χ2n) is 6.12. The van der Waals surface area contributed by atoms with Crippen molar-refractivity contribution in [3.05, 3.63) is 29.6 Å². The largest absolute Gasteiger partial charge is 0.446 e. The highest BCUT2D eigenvalue weighted by Crippen LogP contribution is 2.25. The molecule has 0 saturated carbocycles. The molecule has 0 saturated heterocycles. The number of primary amides is 1. The van der Waals surface area contributed by atoms with Crippen LogP contribution >= 0.6 is 0 Å². The van der Waals surface area contributed by atoms with Crippen molar-refractivity contribution in [1.29, 1.82) is 0 Å². The van der Waals surface area contributed by atoms with Gasteiger partial charge < -0.3 is 15.5 Å². The van der Waals surface area contributed by atoms with E-state index in [1.165, 1.54) is 5.56 Å². The number of nitrogens with two attached hydrogens (primary N) is 1. The highest BCUT2D eigenvalue weighted by Gasteiger charge is 2.16. The van der Waals surface area contributed by atoms with E-state index in [0.29, 0.717) is 6.42 Å². The Morgan fingerprint density at radius 3 is 2.75 bits per heavy atom. The van der Waals surface area contributed by atoms with Gasteiger partial charge in [-0.2, -0.15) is 0 Å². The Labute approximate surface area is 118 Å². The first-order valence-corrected chi connectivity index (χ1v) is 6.71. The summed E-state index contributed by atoms with van der Waals surface area (Å²) in [6, 6.07) is 6.22. The van der Waals surface area contributed by atoms with Crippen LogP contribution in [0, 0.1) is 0 Å². The molecular formula is C15H21N3O2. The number of carbonyl (C=O) groups excluding carboxylic acids is 1. The van der Waals surface area contributed by atoms with Crippen molar-refractivity contribution in [2.24, 2.45) is 5.73 Å². The molecule has 0 aliphatic heterocycles. The van der Waals surface area contributed by atoms with E-state index in [1.54, 1.807) is 6.92 Å². The second kappa shape index (κ2) is 5.15. The van der Waals surface area contributed by atoms with Crippen LogP contribution in [-0.4, -0.2) is 22.2 Å². The van der Waals surface area contributed by atoms with Gasteiger partial charge in [0.1, 0.15) is 11.9 Å². The fraction of sp³-hybridized carbons (Fsp3) is 0.467. The molecule has 1 heterocycles. The van der Waals surface area contributed by atoms with Gasteiger partial charge in [0.15, 0.2) is 0 Å². The van der Waals surface area contributed by atoms with E-state index in [1.807, 2.05) is 6.07 Å². The van der Waals surface area contributed by atoms with Crippen molar-refractivity contribution in [3.63, 3.8) is 0 Å². The first kappa shape index (κ1) is 14.4. The number of rotatable bonds is 3. The van der Waals surface area contributed by atoms with Crippen molar-refractivity contribution < 1.29 is 9.53 Å². The minimum absolute atomic E-state index is 0.0990. The lowest BCUT2D eigenvalue weighted by Crippen LogP contribution is -2.22. The van der Waals surface area contributed by atoms with Gasteiger partial charge in [0.05, 0.1) is 11.0 Å². The van der Waals surface area contributed by atoms with Crippen LogP contribution in [0.3, 0.4) is 0 Å². The summed E-state index contributed by atoms with van der Waals surface area (Å²) in [6.07, 6.45) is -0.540. The molecule has 2 aromatic rings. The quantitative estimate of drug-likeness (QED) is 0.903. The van der Waals surface area contributed by atoms with Gasteiger partial charge in [-0.3, -0.25) is 0 Å². The Balaban J connectivity index is 2.23. The fourth-order valence-corrected chi connectivity index (χ4v) is 2.14. The van der Waals surface area contributed by atoms with E-state index in [2.05, 4.69) is 42.9 Å². The Kier molecular flexibility index (Phi) is 3.70. The molecule has 2 rings (SSSR count). The van der Waals surface area contributed by atoms with Crippen LogP contribution in [0.2, 0.25) is 0 Å². The third kappa shape index (κ3) is 3.29. The average Bonchev–Trinajstić information content (AvgIpc) is 2.66. The molecule has 0 radical (unpaired) electrons. The Morgan fingerprint density at radius 2 is 2.15 bits per heavy atom. The maximum Gasteiger partial charge on any atom is 0.404 e. The normalized spacial score (nSPS) is 13.4. The summed E-state index contributed by atoms with van der Waals surface area (Å²) in [7, 11) is 0. The Morgan fingerprint density at radius 1 is 1.45 bits per heavy atom. The van der Waals surface area contributed by atoms with E-state index >= 15 is 0 Å². The molecule has 5 heteroatoms. The monoisotopic (exact) mass is 275 g/mol. The lowest BCUT2D eigenvalue weighted by Gasteiger charge is -2.18. The standard InChI is InChI=1S/C15H21N3O2/c1-9(20-14(16)19)7-13-17-11-6-5-10(15(2,3)4)8-12(11)18-13/h5-6,8-9H,7H2,1-4H3,(H2,16,19)(H,17,18). The molecule has 1 aromatic carbocycles. The molecule has 0 fully saturated rings. The molecule has 0 bridgehead atoms. The highest BCUT2D eigenvalue weighted by molar-refractivity contribution is 5.76. The summed E-state index contributed by atoms with van der Waals surface area (Å²) in [6.45, 7) is 8.31. The zero-order valence-corrected chi connectivity index (χ0v) is 12.4. The number of hydrogen-bond acceptors (Lipinski definition) is 3. The summed E-state index contributed by atoms with van der Waals surface area (Å²) >= 11 is 0. The maximum absolute atomic E-state index is 10.7. The molecule has 1 aromatic heterocycles. The number of carbonyl (C=O) groups is 1. The fourth-order valence-electron chi connectivity index (χ4n) is 2.14. The van der Waals surface area contributed by atoms with Crippen molar-refractivity contribution in [1.82, 2.24) is 9.97 Å². The van der Waals surface area contributed by atoms with E-state index in [-0.39, 0.29) is 11.5 Å². The molecule has 0 aliphatic rings. The van der Waals surface area contributed by atoms with Crippen LogP contribution in [-0.2, 0) is 16.6 Å². The van der Waals surface area contributed by atoms with Gasteiger partial charge in [-0.15, -0.1) is 0 Å². The van der Waals surface area contributed by atoms with E-state index in [4.69, 9.17) is 10.5 Å². The van der Waals surface area contributed by atoms with Crippen LogP contribution in [0.1, 0.15) is 39.1 Å². The molecule has 1 amide bonds. The summed E-state index contributed by atoms with van der Waals surface area (Å²) < 4.78 is 4.91. The molecule has 1 unspecified atom stereocenters. The van der Waals surface area contributed by atoms with Gasteiger partial charge in [0, 0.05) is 6.42 Å². The number of H-pyrrole nitrogens is 1. The molecule has 20 heavy (non-hydrogen) atoms. The lowest BCUT2D eigenvalue weighted by molar-refractivity contribution is 0.115. The van der Waals surface area contributed by atoms with Crippen molar-refractivity contribution in [3.8, 4) is 0 Å². The topological polar surface area (TPSA) is 81.0 Å². The highest BCUT2D eigenvalue weighted by atomic mass is 16.6. The van der Waals surface area contributed by atoms with E-state index in [9.17, 15) is 4.79 Å².